The molecule has 0 spiro atoms. The van der Waals surface area contributed by atoms with Crippen molar-refractivity contribution in [3.8, 4) is 0 Å². The fourth-order valence-electron chi connectivity index (χ4n) is 2.17. The van der Waals surface area contributed by atoms with Crippen molar-refractivity contribution in [3.05, 3.63) is 0 Å². The Morgan fingerprint density at radius 3 is 2.55 bits per heavy atom. The molecule has 0 bridgehead atoms. The molecule has 0 aromatic rings. The van der Waals surface area contributed by atoms with Gasteiger partial charge >= 0.3 is 12.0 Å². The van der Waals surface area contributed by atoms with Gasteiger partial charge in [-0.15, -0.1) is 0 Å². The zero-order valence-corrected chi connectivity index (χ0v) is 12.1. The number of nitrogens with zero attached hydrogens (tertiary/aromatic N) is 1. The van der Waals surface area contributed by atoms with Crippen LogP contribution < -0.4 is 5.32 Å². The van der Waals surface area contributed by atoms with Crippen LogP contribution in [0, 0.1) is 5.41 Å². The Labute approximate surface area is 118 Å². The highest BCUT2D eigenvalue weighted by Gasteiger charge is 2.29. The first-order chi connectivity index (χ1) is 9.21. The van der Waals surface area contributed by atoms with Crippen LogP contribution in [-0.4, -0.2) is 53.7 Å². The number of carboxylic acids is 1. The smallest absolute Gasteiger partial charge is 0.324 e. The number of morpholine rings is 1. The van der Waals surface area contributed by atoms with E-state index in [0.717, 1.165) is 0 Å². The van der Waals surface area contributed by atoms with Crippen LogP contribution in [0.3, 0.4) is 0 Å². The molecule has 1 unspecified atom stereocenters. The maximum atomic E-state index is 11.9. The number of hydrogen-bond donors (Lipinski definition) is 2. The van der Waals surface area contributed by atoms with E-state index in [1.54, 1.807) is 18.7 Å². The first-order valence-electron chi connectivity index (χ1n) is 6.61. The highest BCUT2D eigenvalue weighted by Crippen LogP contribution is 2.24. The average Bonchev–Trinajstić information content (AvgIpc) is 2.25. The SMILES string of the molecule is CC1COCCN1C(=O)NC(=O)CC(C)(C)CC(=O)O. The molecule has 1 heterocycles. The monoisotopic (exact) mass is 286 g/mol. The van der Waals surface area contributed by atoms with Gasteiger partial charge in [0.1, 0.15) is 0 Å². The summed E-state index contributed by atoms with van der Waals surface area (Å²) in [5.74, 6) is -1.42. The van der Waals surface area contributed by atoms with Crippen molar-refractivity contribution in [1.29, 1.82) is 0 Å². The summed E-state index contributed by atoms with van der Waals surface area (Å²) < 4.78 is 5.22. The molecule has 20 heavy (non-hydrogen) atoms. The molecule has 7 heteroatoms. The first-order valence-corrected chi connectivity index (χ1v) is 6.61. The maximum Gasteiger partial charge on any atom is 0.324 e. The number of carbonyl (C=O) groups excluding carboxylic acids is 2. The van der Waals surface area contributed by atoms with Crippen LogP contribution in [-0.2, 0) is 14.3 Å². The number of amides is 3. The van der Waals surface area contributed by atoms with Crippen molar-refractivity contribution in [1.82, 2.24) is 10.2 Å². The predicted molar refractivity (Wildman–Crippen MR) is 71.2 cm³/mol. The van der Waals surface area contributed by atoms with Gasteiger partial charge in [-0.25, -0.2) is 4.79 Å². The van der Waals surface area contributed by atoms with Gasteiger partial charge in [-0.1, -0.05) is 13.8 Å². The van der Waals surface area contributed by atoms with Gasteiger partial charge in [-0.3, -0.25) is 14.9 Å². The number of urea groups is 1. The Morgan fingerprint density at radius 2 is 2.00 bits per heavy atom. The molecule has 1 fully saturated rings. The van der Waals surface area contributed by atoms with E-state index in [-0.39, 0.29) is 18.9 Å². The van der Waals surface area contributed by atoms with E-state index in [2.05, 4.69) is 5.32 Å². The molecule has 0 saturated carbocycles. The summed E-state index contributed by atoms with van der Waals surface area (Å²) in [6.07, 6.45) is -0.133. The molecule has 1 rings (SSSR count). The van der Waals surface area contributed by atoms with E-state index in [0.29, 0.717) is 19.8 Å². The fraction of sp³-hybridized carbons (Fsp3) is 0.769. The van der Waals surface area contributed by atoms with E-state index < -0.39 is 23.3 Å². The van der Waals surface area contributed by atoms with Gasteiger partial charge in [-0.05, 0) is 12.3 Å². The molecular formula is C13H22N2O5. The second-order valence-electron chi connectivity index (χ2n) is 5.88. The minimum absolute atomic E-state index is 0.0102. The Hall–Kier alpha value is -1.63. The van der Waals surface area contributed by atoms with Crippen LogP contribution in [0.2, 0.25) is 0 Å². The number of carbonyl (C=O) groups is 3. The lowest BCUT2D eigenvalue weighted by molar-refractivity contribution is -0.139. The lowest BCUT2D eigenvalue weighted by Gasteiger charge is -2.33. The van der Waals surface area contributed by atoms with Crippen molar-refractivity contribution in [2.24, 2.45) is 5.41 Å². The van der Waals surface area contributed by atoms with Crippen LogP contribution in [0.1, 0.15) is 33.6 Å². The molecule has 0 aromatic heterocycles. The molecule has 2 N–H and O–H groups in total. The van der Waals surface area contributed by atoms with Crippen LogP contribution in [0.4, 0.5) is 4.79 Å². The van der Waals surface area contributed by atoms with Gasteiger partial charge < -0.3 is 14.7 Å². The maximum absolute atomic E-state index is 11.9. The third-order valence-electron chi connectivity index (χ3n) is 3.14. The second-order valence-corrected chi connectivity index (χ2v) is 5.88. The van der Waals surface area contributed by atoms with Crippen molar-refractivity contribution in [2.75, 3.05) is 19.8 Å². The van der Waals surface area contributed by atoms with Gasteiger partial charge in [0.15, 0.2) is 0 Å². The quantitative estimate of drug-likeness (QED) is 0.798. The molecule has 1 saturated heterocycles. The summed E-state index contributed by atoms with van der Waals surface area (Å²) in [5, 5.41) is 11.1. The number of carboxylic acid groups (broad SMARTS) is 1. The number of aliphatic carboxylic acids is 1. The van der Waals surface area contributed by atoms with E-state index in [4.69, 9.17) is 9.84 Å². The van der Waals surface area contributed by atoms with E-state index in [1.807, 2.05) is 6.92 Å². The van der Waals surface area contributed by atoms with Crippen LogP contribution in [0.5, 0.6) is 0 Å². The lowest BCUT2D eigenvalue weighted by atomic mass is 9.85. The van der Waals surface area contributed by atoms with Crippen molar-refractivity contribution in [3.63, 3.8) is 0 Å². The third kappa shape index (κ3) is 5.16. The van der Waals surface area contributed by atoms with Crippen molar-refractivity contribution >= 4 is 17.9 Å². The Balaban J connectivity index is 2.49. The molecule has 0 radical (unpaired) electrons. The van der Waals surface area contributed by atoms with Crippen LogP contribution >= 0.6 is 0 Å². The van der Waals surface area contributed by atoms with E-state index in [1.165, 1.54) is 0 Å². The predicted octanol–water partition coefficient (Wildman–Crippen LogP) is 0.834. The second kappa shape index (κ2) is 6.69. The molecule has 1 aliphatic rings. The number of nitrogens with one attached hydrogen (secondary N) is 1. The summed E-state index contributed by atoms with van der Waals surface area (Å²) in [6, 6.07) is -0.527. The summed E-state index contributed by atoms with van der Waals surface area (Å²) >= 11 is 0. The average molecular weight is 286 g/mol. The van der Waals surface area contributed by atoms with E-state index in [9.17, 15) is 14.4 Å². The number of ether oxygens (including phenoxy) is 1. The van der Waals surface area contributed by atoms with Gasteiger partial charge in [0.25, 0.3) is 0 Å². The number of imide groups is 1. The topological polar surface area (TPSA) is 95.9 Å². The minimum Gasteiger partial charge on any atom is -0.481 e. The third-order valence-corrected chi connectivity index (χ3v) is 3.14. The highest BCUT2D eigenvalue weighted by atomic mass is 16.5. The summed E-state index contributed by atoms with van der Waals surface area (Å²) in [5.41, 5.74) is -0.688. The normalized spacial score (nSPS) is 19.6. The van der Waals surface area contributed by atoms with Gasteiger partial charge in [0.2, 0.25) is 5.91 Å². The molecular weight excluding hydrogens is 264 g/mol. The van der Waals surface area contributed by atoms with Gasteiger partial charge in [0.05, 0.1) is 25.7 Å². The fourth-order valence-corrected chi connectivity index (χ4v) is 2.17. The van der Waals surface area contributed by atoms with Gasteiger partial charge in [-0.2, -0.15) is 0 Å². The minimum atomic E-state index is -0.962. The summed E-state index contributed by atoms with van der Waals surface area (Å²) in [7, 11) is 0. The van der Waals surface area contributed by atoms with E-state index >= 15 is 0 Å². The first kappa shape index (κ1) is 16.4. The molecule has 0 aromatic carbocycles. The molecule has 3 amide bonds. The molecule has 7 nitrogen and oxygen atoms in total. The summed E-state index contributed by atoms with van der Waals surface area (Å²) in [6.45, 7) is 6.56. The van der Waals surface area contributed by atoms with Gasteiger partial charge in [0, 0.05) is 13.0 Å². The zero-order valence-electron chi connectivity index (χ0n) is 12.1. The molecule has 114 valence electrons. The Morgan fingerprint density at radius 1 is 1.35 bits per heavy atom. The Kier molecular flexibility index (Phi) is 5.50. The van der Waals surface area contributed by atoms with Crippen LogP contribution in [0.25, 0.3) is 0 Å². The molecule has 1 aliphatic heterocycles. The zero-order chi connectivity index (χ0) is 15.3. The summed E-state index contributed by atoms with van der Waals surface area (Å²) in [4.78, 5) is 36.0. The molecule has 0 aliphatic carbocycles. The molecule has 1 atom stereocenters. The largest absolute Gasteiger partial charge is 0.481 e. The standard InChI is InChI=1S/C13H22N2O5/c1-9-8-20-5-4-15(9)12(19)14-10(16)6-13(2,3)7-11(17)18/h9H,4-8H2,1-3H3,(H,17,18)(H,14,16,19). The number of hydrogen-bond acceptors (Lipinski definition) is 4. The van der Waals surface area contributed by atoms with Crippen molar-refractivity contribution in [2.45, 2.75) is 39.7 Å². The lowest BCUT2D eigenvalue weighted by Crippen LogP contribution is -2.52. The van der Waals surface area contributed by atoms with Crippen molar-refractivity contribution < 1.29 is 24.2 Å². The number of rotatable bonds is 4. The highest BCUT2D eigenvalue weighted by molar-refractivity contribution is 5.94. The van der Waals surface area contributed by atoms with Crippen LogP contribution in [0.15, 0.2) is 0 Å². The Bertz CT molecular complexity index is 394.